The average Bonchev–Trinajstić information content (AvgIpc) is 2.62. The number of benzene rings is 1. The second-order valence-corrected chi connectivity index (χ2v) is 6.59. The molecular weight excluding hydrogens is 385 g/mol. The van der Waals surface area contributed by atoms with E-state index in [2.05, 4.69) is 9.97 Å². The Morgan fingerprint density at radius 1 is 1.25 bits per heavy atom. The van der Waals surface area contributed by atoms with Crippen LogP contribution < -0.4 is 9.64 Å². The van der Waals surface area contributed by atoms with Gasteiger partial charge in [0.25, 0.3) is 5.92 Å². The van der Waals surface area contributed by atoms with Crippen LogP contribution >= 0.6 is 0 Å². The van der Waals surface area contributed by atoms with Gasteiger partial charge in [0.1, 0.15) is 12.7 Å². The summed E-state index contributed by atoms with van der Waals surface area (Å²) in [5, 5.41) is 9.31. The Balaban J connectivity index is 1.70. The maximum absolute atomic E-state index is 13.6. The molecule has 1 saturated heterocycles. The minimum atomic E-state index is -4.50. The zero-order valence-electron chi connectivity index (χ0n) is 14.9. The quantitative estimate of drug-likeness (QED) is 0.791. The van der Waals surface area contributed by atoms with Crippen molar-refractivity contribution in [2.24, 2.45) is 0 Å². The third kappa shape index (κ3) is 4.32. The van der Waals surface area contributed by atoms with Gasteiger partial charge in [-0.3, -0.25) is 0 Å². The molecule has 0 bridgehead atoms. The van der Waals surface area contributed by atoms with Crippen molar-refractivity contribution in [1.82, 2.24) is 9.97 Å². The summed E-state index contributed by atoms with van der Waals surface area (Å²) in [5.41, 5.74) is -0.343. The SMILES string of the molecule is Cc1cccc(C(F)(F)F)c1COc1cnc(N2CCC(O)C(F)(F)C2)nc1. The molecule has 1 fully saturated rings. The highest BCUT2D eigenvalue weighted by molar-refractivity contribution is 5.37. The van der Waals surface area contributed by atoms with Crippen LogP contribution in [-0.2, 0) is 12.8 Å². The molecule has 1 aliphatic heterocycles. The number of hydrogen-bond acceptors (Lipinski definition) is 5. The van der Waals surface area contributed by atoms with E-state index in [0.29, 0.717) is 5.56 Å². The Labute approximate surface area is 157 Å². The number of anilines is 1. The molecule has 152 valence electrons. The first-order valence-electron chi connectivity index (χ1n) is 8.49. The molecule has 0 radical (unpaired) electrons. The van der Waals surface area contributed by atoms with Gasteiger partial charge < -0.3 is 14.7 Å². The third-order valence-electron chi connectivity index (χ3n) is 4.56. The number of aliphatic hydroxyl groups excluding tert-OH is 1. The van der Waals surface area contributed by atoms with Crippen LogP contribution in [0.2, 0.25) is 0 Å². The van der Waals surface area contributed by atoms with Gasteiger partial charge in [0.05, 0.1) is 24.5 Å². The molecule has 0 spiro atoms. The number of aliphatic hydroxyl groups is 1. The fraction of sp³-hybridized carbons (Fsp3) is 0.444. The smallest absolute Gasteiger partial charge is 0.416 e. The predicted molar refractivity (Wildman–Crippen MR) is 90.3 cm³/mol. The largest absolute Gasteiger partial charge is 0.486 e. The summed E-state index contributed by atoms with van der Waals surface area (Å²) in [6.45, 7) is 0.665. The summed E-state index contributed by atoms with van der Waals surface area (Å²) >= 11 is 0. The third-order valence-corrected chi connectivity index (χ3v) is 4.56. The lowest BCUT2D eigenvalue weighted by Crippen LogP contribution is -2.52. The molecule has 10 heteroatoms. The van der Waals surface area contributed by atoms with Crippen molar-refractivity contribution in [3.05, 3.63) is 47.3 Å². The van der Waals surface area contributed by atoms with Crippen LogP contribution in [-0.4, -0.2) is 40.2 Å². The summed E-state index contributed by atoms with van der Waals surface area (Å²) in [6, 6.07) is 3.86. The number of nitrogens with zero attached hydrogens (tertiary/aromatic N) is 3. The Bertz CT molecular complexity index is 827. The van der Waals surface area contributed by atoms with Gasteiger partial charge >= 0.3 is 6.18 Å². The fourth-order valence-corrected chi connectivity index (χ4v) is 2.96. The van der Waals surface area contributed by atoms with Gasteiger partial charge in [-0.05, 0) is 25.0 Å². The first-order valence-corrected chi connectivity index (χ1v) is 8.49. The normalized spacial score (nSPS) is 19.5. The molecule has 1 unspecified atom stereocenters. The van der Waals surface area contributed by atoms with Crippen molar-refractivity contribution in [2.45, 2.75) is 38.2 Å². The van der Waals surface area contributed by atoms with Crippen molar-refractivity contribution < 1.29 is 31.8 Å². The van der Waals surface area contributed by atoms with E-state index in [0.717, 1.165) is 6.07 Å². The highest BCUT2D eigenvalue weighted by Gasteiger charge is 2.44. The Hall–Kier alpha value is -2.49. The van der Waals surface area contributed by atoms with E-state index < -0.39 is 30.3 Å². The Kier molecular flexibility index (Phi) is 5.42. The average molecular weight is 403 g/mol. The second kappa shape index (κ2) is 7.50. The van der Waals surface area contributed by atoms with Gasteiger partial charge in [0.15, 0.2) is 5.75 Å². The van der Waals surface area contributed by atoms with Gasteiger partial charge in [0.2, 0.25) is 5.95 Å². The van der Waals surface area contributed by atoms with E-state index in [-0.39, 0.29) is 36.8 Å². The molecule has 5 nitrogen and oxygen atoms in total. The fourth-order valence-electron chi connectivity index (χ4n) is 2.96. The molecule has 1 N–H and O–H groups in total. The summed E-state index contributed by atoms with van der Waals surface area (Å²) < 4.78 is 72.1. The number of halogens is 5. The lowest BCUT2D eigenvalue weighted by molar-refractivity contribution is -0.138. The minimum Gasteiger partial charge on any atom is -0.486 e. The van der Waals surface area contributed by atoms with Crippen molar-refractivity contribution in [2.75, 3.05) is 18.0 Å². The highest BCUT2D eigenvalue weighted by atomic mass is 19.4. The van der Waals surface area contributed by atoms with Crippen LogP contribution in [0.1, 0.15) is 23.1 Å². The van der Waals surface area contributed by atoms with Crippen LogP contribution in [0.15, 0.2) is 30.6 Å². The molecule has 3 rings (SSSR count). The molecule has 0 saturated carbocycles. The van der Waals surface area contributed by atoms with Gasteiger partial charge in [-0.15, -0.1) is 0 Å². The monoisotopic (exact) mass is 403 g/mol. The van der Waals surface area contributed by atoms with Gasteiger partial charge in [0, 0.05) is 12.1 Å². The summed E-state index contributed by atoms with van der Waals surface area (Å²) in [6.07, 6.45) is -3.89. The lowest BCUT2D eigenvalue weighted by atomic mass is 10.0. The molecule has 2 aromatic rings. The Morgan fingerprint density at radius 2 is 1.93 bits per heavy atom. The summed E-state index contributed by atoms with van der Waals surface area (Å²) in [5.74, 6) is -3.12. The zero-order valence-corrected chi connectivity index (χ0v) is 14.9. The molecule has 1 aromatic heterocycles. The first kappa shape index (κ1) is 20.2. The van der Waals surface area contributed by atoms with Crippen molar-refractivity contribution in [3.8, 4) is 5.75 Å². The lowest BCUT2D eigenvalue weighted by Gasteiger charge is -2.35. The van der Waals surface area contributed by atoms with E-state index >= 15 is 0 Å². The van der Waals surface area contributed by atoms with Crippen LogP contribution in [0.5, 0.6) is 5.75 Å². The van der Waals surface area contributed by atoms with Gasteiger partial charge in [-0.2, -0.15) is 13.2 Å². The standard InChI is InChI=1S/C18H18F5N3O2/c1-11-3-2-4-14(18(21,22)23)13(11)9-28-12-7-24-16(25-8-12)26-6-5-15(27)17(19,20)10-26/h2-4,7-8,15,27H,5-6,9-10H2,1H3. The van der Waals surface area contributed by atoms with Crippen LogP contribution in [0.4, 0.5) is 27.9 Å². The predicted octanol–water partition coefficient (Wildman–Crippen LogP) is 3.59. The molecule has 2 heterocycles. The number of piperidine rings is 1. The minimum absolute atomic E-state index is 0.00346. The van der Waals surface area contributed by atoms with Crippen LogP contribution in [0.3, 0.4) is 0 Å². The maximum atomic E-state index is 13.6. The van der Waals surface area contributed by atoms with Crippen LogP contribution in [0.25, 0.3) is 0 Å². The number of ether oxygens (including phenoxy) is 1. The number of alkyl halides is 5. The highest BCUT2D eigenvalue weighted by Crippen LogP contribution is 2.34. The van der Waals surface area contributed by atoms with E-state index in [9.17, 15) is 27.1 Å². The van der Waals surface area contributed by atoms with Gasteiger partial charge in [-0.25, -0.2) is 18.7 Å². The molecule has 1 aromatic carbocycles. The number of rotatable bonds is 4. The summed E-state index contributed by atoms with van der Waals surface area (Å²) in [4.78, 5) is 9.14. The molecule has 0 amide bonds. The van der Waals surface area contributed by atoms with Crippen molar-refractivity contribution >= 4 is 5.95 Å². The first-order chi connectivity index (χ1) is 13.1. The topological polar surface area (TPSA) is 58.5 Å². The molecule has 1 aliphatic rings. The molecule has 28 heavy (non-hydrogen) atoms. The van der Waals surface area contributed by atoms with E-state index in [4.69, 9.17) is 4.74 Å². The van der Waals surface area contributed by atoms with E-state index in [1.54, 1.807) is 13.0 Å². The van der Waals surface area contributed by atoms with E-state index in [1.807, 2.05) is 0 Å². The Morgan fingerprint density at radius 3 is 2.54 bits per heavy atom. The van der Waals surface area contributed by atoms with Crippen LogP contribution in [0, 0.1) is 6.92 Å². The molecule has 1 atom stereocenters. The molecule has 0 aliphatic carbocycles. The number of aryl methyl sites for hydroxylation is 1. The van der Waals surface area contributed by atoms with Gasteiger partial charge in [-0.1, -0.05) is 12.1 Å². The maximum Gasteiger partial charge on any atom is 0.416 e. The zero-order chi connectivity index (χ0) is 20.5. The van der Waals surface area contributed by atoms with Crippen molar-refractivity contribution in [3.63, 3.8) is 0 Å². The van der Waals surface area contributed by atoms with Crippen molar-refractivity contribution in [1.29, 1.82) is 0 Å². The molecular formula is C18H18F5N3O2. The number of hydrogen-bond donors (Lipinski definition) is 1. The number of aromatic nitrogens is 2. The van der Waals surface area contributed by atoms with E-state index in [1.165, 1.54) is 23.4 Å². The second-order valence-electron chi connectivity index (χ2n) is 6.59. The summed E-state index contributed by atoms with van der Waals surface area (Å²) in [7, 11) is 0.